The molecule has 0 bridgehead atoms. The quantitative estimate of drug-likeness (QED) is 0.0396. The molecule has 0 aromatic heterocycles. The van der Waals surface area contributed by atoms with Crippen molar-refractivity contribution in [2.75, 3.05) is 13.2 Å². The molecule has 1 aliphatic rings. The van der Waals surface area contributed by atoms with Crippen LogP contribution in [0.1, 0.15) is 187 Å². The van der Waals surface area contributed by atoms with Crippen LogP contribution in [-0.2, 0) is 14.3 Å². The number of carbonyl (C=O) groups excluding carboxylic acids is 1. The SMILES string of the molecule is CCCCCCCCCCCCCCCCCCCCCCCCCCCC(O)C(COC1OC(CO)C(O)C(O)C1O)NC(=O)CC. The number of aliphatic hydroxyl groups is 5. The van der Waals surface area contributed by atoms with Crippen molar-refractivity contribution in [2.45, 2.75) is 230 Å². The average molecular weight is 688 g/mol. The van der Waals surface area contributed by atoms with Gasteiger partial charge in [-0.2, -0.15) is 0 Å². The van der Waals surface area contributed by atoms with E-state index in [1.807, 2.05) is 0 Å². The van der Waals surface area contributed by atoms with E-state index >= 15 is 0 Å². The second-order valence-corrected chi connectivity index (χ2v) is 14.4. The van der Waals surface area contributed by atoms with Gasteiger partial charge < -0.3 is 40.3 Å². The van der Waals surface area contributed by atoms with Gasteiger partial charge in [-0.3, -0.25) is 4.79 Å². The monoisotopic (exact) mass is 688 g/mol. The third-order valence-corrected chi connectivity index (χ3v) is 10.0. The molecule has 9 heteroatoms. The summed E-state index contributed by atoms with van der Waals surface area (Å²) < 4.78 is 11.0. The summed E-state index contributed by atoms with van der Waals surface area (Å²) in [6.07, 6.45) is 26.5. The molecule has 6 N–H and O–H groups in total. The number of carbonyl (C=O) groups is 1. The molecule has 0 aromatic rings. The summed E-state index contributed by atoms with van der Waals surface area (Å²) in [5.74, 6) is -0.230. The van der Waals surface area contributed by atoms with Crippen molar-refractivity contribution in [3.8, 4) is 0 Å². The van der Waals surface area contributed by atoms with Crippen molar-refractivity contribution >= 4 is 5.91 Å². The van der Waals surface area contributed by atoms with Gasteiger partial charge in [-0.15, -0.1) is 0 Å². The molecule has 1 saturated heterocycles. The van der Waals surface area contributed by atoms with Crippen molar-refractivity contribution in [3.63, 3.8) is 0 Å². The average Bonchev–Trinajstić information content (AvgIpc) is 3.09. The molecule has 286 valence electrons. The van der Waals surface area contributed by atoms with Crippen LogP contribution in [0.4, 0.5) is 0 Å². The van der Waals surface area contributed by atoms with Crippen LogP contribution >= 0.6 is 0 Å². The maximum Gasteiger partial charge on any atom is 0.220 e. The summed E-state index contributed by atoms with van der Waals surface area (Å²) in [5.41, 5.74) is 0. The number of aliphatic hydroxyl groups excluding tert-OH is 5. The fraction of sp³-hybridized carbons (Fsp3) is 0.974. The summed E-state index contributed by atoms with van der Waals surface area (Å²) >= 11 is 0. The number of hydrogen-bond acceptors (Lipinski definition) is 8. The number of rotatable bonds is 33. The van der Waals surface area contributed by atoms with Gasteiger partial charge in [0.15, 0.2) is 6.29 Å². The van der Waals surface area contributed by atoms with Gasteiger partial charge in [0, 0.05) is 6.42 Å². The Labute approximate surface area is 294 Å². The summed E-state index contributed by atoms with van der Waals surface area (Å²) in [7, 11) is 0. The van der Waals surface area contributed by atoms with Crippen LogP contribution in [0.25, 0.3) is 0 Å². The lowest BCUT2D eigenvalue weighted by Gasteiger charge is -2.40. The fourth-order valence-electron chi connectivity index (χ4n) is 6.66. The third kappa shape index (κ3) is 22.1. The number of unbranched alkanes of at least 4 members (excludes halogenated alkanes) is 24. The van der Waals surface area contributed by atoms with Crippen LogP contribution < -0.4 is 5.32 Å². The fourth-order valence-corrected chi connectivity index (χ4v) is 6.66. The number of amides is 1. The van der Waals surface area contributed by atoms with Gasteiger partial charge in [0.2, 0.25) is 5.91 Å². The van der Waals surface area contributed by atoms with Crippen LogP contribution in [0.2, 0.25) is 0 Å². The van der Waals surface area contributed by atoms with E-state index in [2.05, 4.69) is 12.2 Å². The van der Waals surface area contributed by atoms with Crippen molar-refractivity contribution in [2.24, 2.45) is 0 Å². The second kappa shape index (κ2) is 31.0. The first-order valence-corrected chi connectivity index (χ1v) is 20.2. The van der Waals surface area contributed by atoms with Crippen molar-refractivity contribution in [1.29, 1.82) is 0 Å². The maximum atomic E-state index is 12.1. The first-order valence-electron chi connectivity index (χ1n) is 20.2. The smallest absolute Gasteiger partial charge is 0.220 e. The highest BCUT2D eigenvalue weighted by Gasteiger charge is 2.44. The standard InChI is InChI=1S/C39H77NO8/c1-3-5-6-7-8-9-10-11-12-13-14-15-16-17-18-19-20-21-22-23-24-25-26-27-28-29-33(42)32(40-35(43)4-2)31-47-39-38(46)37(45)36(44)34(30-41)48-39/h32-34,36-39,41-42,44-46H,3-31H2,1-2H3,(H,40,43). The van der Waals surface area contributed by atoms with Crippen LogP contribution in [0.15, 0.2) is 0 Å². The Bertz CT molecular complexity index is 726. The summed E-state index contributed by atoms with van der Waals surface area (Å²) in [6, 6.07) is -0.709. The lowest BCUT2D eigenvalue weighted by Crippen LogP contribution is -2.60. The van der Waals surface area contributed by atoms with Gasteiger partial charge in [-0.05, 0) is 6.42 Å². The van der Waals surface area contributed by atoms with Gasteiger partial charge >= 0.3 is 0 Å². The lowest BCUT2D eigenvalue weighted by molar-refractivity contribution is -0.302. The zero-order chi connectivity index (χ0) is 35.2. The molecule has 7 unspecified atom stereocenters. The number of hydrogen-bond donors (Lipinski definition) is 6. The zero-order valence-electron chi connectivity index (χ0n) is 31.0. The van der Waals surface area contributed by atoms with E-state index in [4.69, 9.17) is 9.47 Å². The highest BCUT2D eigenvalue weighted by molar-refractivity contribution is 5.75. The highest BCUT2D eigenvalue weighted by atomic mass is 16.7. The second-order valence-electron chi connectivity index (χ2n) is 14.4. The molecule has 0 spiro atoms. The van der Waals surface area contributed by atoms with Crippen LogP contribution in [0, 0.1) is 0 Å². The molecule has 0 aromatic carbocycles. The van der Waals surface area contributed by atoms with Gasteiger partial charge in [0.05, 0.1) is 25.4 Å². The minimum Gasteiger partial charge on any atom is -0.394 e. The van der Waals surface area contributed by atoms with Crippen molar-refractivity contribution in [3.05, 3.63) is 0 Å². The van der Waals surface area contributed by atoms with E-state index in [1.54, 1.807) is 6.92 Å². The van der Waals surface area contributed by atoms with Crippen molar-refractivity contribution in [1.82, 2.24) is 5.32 Å². The van der Waals surface area contributed by atoms with Gasteiger partial charge in [0.25, 0.3) is 0 Å². The normalized spacial score (nSPS) is 22.5. The van der Waals surface area contributed by atoms with E-state index in [0.717, 1.165) is 19.3 Å². The van der Waals surface area contributed by atoms with Crippen LogP contribution in [-0.4, -0.2) is 87.5 Å². The van der Waals surface area contributed by atoms with Crippen LogP contribution in [0.5, 0.6) is 0 Å². The highest BCUT2D eigenvalue weighted by Crippen LogP contribution is 2.23. The number of nitrogens with one attached hydrogen (secondary N) is 1. The Hall–Kier alpha value is -0.810. The van der Waals surface area contributed by atoms with Crippen LogP contribution in [0.3, 0.4) is 0 Å². The Morgan fingerprint density at radius 2 is 1.02 bits per heavy atom. The third-order valence-electron chi connectivity index (χ3n) is 10.0. The van der Waals surface area contributed by atoms with Gasteiger partial charge in [-0.1, -0.05) is 174 Å². The van der Waals surface area contributed by atoms with E-state index < -0.39 is 49.5 Å². The van der Waals surface area contributed by atoms with Crippen molar-refractivity contribution < 1.29 is 39.8 Å². The molecule has 1 rings (SSSR count). The molecule has 0 aliphatic carbocycles. The van der Waals surface area contributed by atoms with Gasteiger partial charge in [0.1, 0.15) is 24.4 Å². The molecule has 1 aliphatic heterocycles. The molecule has 1 fully saturated rings. The van der Waals surface area contributed by atoms with E-state index in [0.29, 0.717) is 6.42 Å². The minimum atomic E-state index is -1.54. The molecular formula is C39H77NO8. The minimum absolute atomic E-state index is 0.144. The summed E-state index contributed by atoms with van der Waals surface area (Å²) in [5, 5.41) is 53.1. The summed E-state index contributed by atoms with van der Waals surface area (Å²) in [4.78, 5) is 12.1. The number of ether oxygens (including phenoxy) is 2. The maximum absolute atomic E-state index is 12.1. The Morgan fingerprint density at radius 3 is 1.40 bits per heavy atom. The molecule has 48 heavy (non-hydrogen) atoms. The molecule has 1 amide bonds. The summed E-state index contributed by atoms with van der Waals surface area (Å²) in [6.45, 7) is 3.31. The first-order chi connectivity index (χ1) is 23.3. The van der Waals surface area contributed by atoms with E-state index in [1.165, 1.54) is 141 Å². The lowest BCUT2D eigenvalue weighted by atomic mass is 9.99. The molecule has 0 saturated carbocycles. The topological polar surface area (TPSA) is 149 Å². The van der Waals surface area contributed by atoms with E-state index in [-0.39, 0.29) is 18.9 Å². The largest absolute Gasteiger partial charge is 0.394 e. The molecule has 9 nitrogen and oxygen atoms in total. The molecular weight excluding hydrogens is 610 g/mol. The first kappa shape index (κ1) is 45.2. The molecule has 0 radical (unpaired) electrons. The molecule has 1 heterocycles. The predicted molar refractivity (Wildman–Crippen MR) is 194 cm³/mol. The molecule has 7 atom stereocenters. The Kier molecular flexibility index (Phi) is 29.2. The predicted octanol–water partition coefficient (Wildman–Crippen LogP) is 7.22. The van der Waals surface area contributed by atoms with E-state index in [9.17, 15) is 30.3 Å². The Morgan fingerprint density at radius 1 is 0.625 bits per heavy atom. The zero-order valence-corrected chi connectivity index (χ0v) is 31.0. The Balaban J connectivity index is 1.99. The van der Waals surface area contributed by atoms with Gasteiger partial charge in [-0.25, -0.2) is 0 Å².